The number of morpholine rings is 1. The average molecular weight is 377 g/mol. The molecule has 7 nitrogen and oxygen atoms in total. The molecule has 0 radical (unpaired) electrons. The van der Waals surface area contributed by atoms with Gasteiger partial charge in [-0.25, -0.2) is 0 Å². The molecule has 0 bridgehead atoms. The molecule has 1 aliphatic carbocycles. The van der Waals surface area contributed by atoms with Crippen LogP contribution in [0.4, 0.5) is 0 Å². The molecule has 3 heterocycles. The number of H-pyrrole nitrogens is 1. The third-order valence-corrected chi connectivity index (χ3v) is 6.61. The fourth-order valence-corrected chi connectivity index (χ4v) is 4.97. The monoisotopic (exact) mass is 376 g/mol. The highest BCUT2D eigenvalue weighted by Crippen LogP contribution is 2.34. The van der Waals surface area contributed by atoms with Gasteiger partial charge in [0.1, 0.15) is 0 Å². The van der Waals surface area contributed by atoms with Crippen molar-refractivity contribution in [1.29, 1.82) is 0 Å². The third kappa shape index (κ3) is 4.20. The van der Waals surface area contributed by atoms with E-state index in [1.54, 1.807) is 6.20 Å². The van der Waals surface area contributed by atoms with Crippen molar-refractivity contribution in [2.24, 2.45) is 11.8 Å². The molecule has 27 heavy (non-hydrogen) atoms. The molecule has 7 heteroatoms. The molecule has 2 N–H and O–H groups in total. The Kier molecular flexibility index (Phi) is 6.10. The molecule has 4 rings (SSSR count). The Hall–Kier alpha value is -1.44. The molecule has 1 aromatic heterocycles. The van der Waals surface area contributed by atoms with Gasteiger partial charge < -0.3 is 14.7 Å². The molecule has 2 aliphatic heterocycles. The van der Waals surface area contributed by atoms with E-state index in [4.69, 9.17) is 4.74 Å². The Morgan fingerprint density at radius 1 is 1.19 bits per heavy atom. The van der Waals surface area contributed by atoms with Crippen LogP contribution in [0.5, 0.6) is 0 Å². The van der Waals surface area contributed by atoms with Gasteiger partial charge in [0.2, 0.25) is 0 Å². The number of amides is 1. The number of carbonyl (C=O) groups is 1. The predicted molar refractivity (Wildman–Crippen MR) is 102 cm³/mol. The first-order valence-electron chi connectivity index (χ1n) is 10.5. The van der Waals surface area contributed by atoms with E-state index >= 15 is 0 Å². The van der Waals surface area contributed by atoms with Gasteiger partial charge in [-0.1, -0.05) is 19.3 Å². The molecule has 1 amide bonds. The summed E-state index contributed by atoms with van der Waals surface area (Å²) in [6, 6.07) is 0. The molecular formula is C20H32N4O3. The van der Waals surface area contributed by atoms with Gasteiger partial charge in [-0.2, -0.15) is 5.10 Å². The zero-order valence-corrected chi connectivity index (χ0v) is 16.1. The second-order valence-corrected chi connectivity index (χ2v) is 8.36. The Labute approximate surface area is 161 Å². The Morgan fingerprint density at radius 3 is 2.67 bits per heavy atom. The lowest BCUT2D eigenvalue weighted by Gasteiger charge is -2.30. The van der Waals surface area contributed by atoms with E-state index in [-0.39, 0.29) is 18.4 Å². The SMILES string of the molecule is O=C(c1cn[nH]c1C1CCCCC1)N1CC(CO)C(CN2CCOCC2)C1. The molecule has 2 saturated heterocycles. The Bertz CT molecular complexity index is 622. The number of ether oxygens (including phenoxy) is 1. The van der Waals surface area contributed by atoms with Crippen molar-refractivity contribution in [2.45, 2.75) is 38.0 Å². The first-order valence-corrected chi connectivity index (χ1v) is 10.5. The number of nitrogens with zero attached hydrogens (tertiary/aromatic N) is 3. The highest BCUT2D eigenvalue weighted by atomic mass is 16.5. The fraction of sp³-hybridized carbons (Fsp3) is 0.800. The van der Waals surface area contributed by atoms with E-state index < -0.39 is 0 Å². The van der Waals surface area contributed by atoms with E-state index in [1.165, 1.54) is 19.3 Å². The zero-order chi connectivity index (χ0) is 18.6. The van der Waals surface area contributed by atoms with Crippen molar-refractivity contribution in [3.63, 3.8) is 0 Å². The minimum atomic E-state index is 0.0762. The van der Waals surface area contributed by atoms with Gasteiger partial charge in [-0.05, 0) is 18.8 Å². The average Bonchev–Trinajstić information content (AvgIpc) is 3.36. The van der Waals surface area contributed by atoms with Crippen molar-refractivity contribution in [3.05, 3.63) is 17.5 Å². The van der Waals surface area contributed by atoms with Gasteiger partial charge >= 0.3 is 0 Å². The number of aliphatic hydroxyl groups is 1. The lowest BCUT2D eigenvalue weighted by atomic mass is 9.85. The minimum absolute atomic E-state index is 0.0762. The summed E-state index contributed by atoms with van der Waals surface area (Å²) >= 11 is 0. The second-order valence-electron chi connectivity index (χ2n) is 8.36. The van der Waals surface area contributed by atoms with Crippen molar-refractivity contribution in [1.82, 2.24) is 20.0 Å². The van der Waals surface area contributed by atoms with E-state index in [1.807, 2.05) is 4.90 Å². The molecule has 3 fully saturated rings. The van der Waals surface area contributed by atoms with Crippen LogP contribution < -0.4 is 0 Å². The summed E-state index contributed by atoms with van der Waals surface area (Å²) in [6.45, 7) is 5.86. The quantitative estimate of drug-likeness (QED) is 0.813. The maximum Gasteiger partial charge on any atom is 0.257 e. The summed E-state index contributed by atoms with van der Waals surface area (Å²) < 4.78 is 5.43. The van der Waals surface area contributed by atoms with Crippen LogP contribution in [-0.2, 0) is 4.74 Å². The van der Waals surface area contributed by atoms with Crippen LogP contribution >= 0.6 is 0 Å². The van der Waals surface area contributed by atoms with Crippen molar-refractivity contribution in [2.75, 3.05) is 52.5 Å². The maximum atomic E-state index is 13.2. The van der Waals surface area contributed by atoms with Crippen LogP contribution in [-0.4, -0.2) is 83.6 Å². The molecule has 0 spiro atoms. The van der Waals surface area contributed by atoms with E-state index in [0.717, 1.165) is 63.5 Å². The summed E-state index contributed by atoms with van der Waals surface area (Å²) in [5.74, 6) is 0.983. The molecule has 2 atom stereocenters. The van der Waals surface area contributed by atoms with E-state index in [2.05, 4.69) is 15.1 Å². The van der Waals surface area contributed by atoms with Crippen molar-refractivity contribution in [3.8, 4) is 0 Å². The van der Waals surface area contributed by atoms with Crippen LogP contribution in [0.15, 0.2) is 6.20 Å². The van der Waals surface area contributed by atoms with Gasteiger partial charge in [0, 0.05) is 51.2 Å². The standard InChI is InChI=1S/C20H32N4O3/c25-14-17-13-24(12-16(17)11-23-6-8-27-9-7-23)20(26)18-10-21-22-19(18)15-4-2-1-3-5-15/h10,15-17,25H,1-9,11-14H2,(H,21,22). The van der Waals surface area contributed by atoms with E-state index in [0.29, 0.717) is 18.4 Å². The summed E-state index contributed by atoms with van der Waals surface area (Å²) in [6.07, 6.45) is 7.74. The highest BCUT2D eigenvalue weighted by molar-refractivity contribution is 5.95. The van der Waals surface area contributed by atoms with Crippen LogP contribution in [0.25, 0.3) is 0 Å². The fourth-order valence-electron chi connectivity index (χ4n) is 4.97. The first-order chi connectivity index (χ1) is 13.3. The molecule has 1 aromatic rings. The molecule has 2 unspecified atom stereocenters. The number of aliphatic hydroxyl groups excluding tert-OH is 1. The minimum Gasteiger partial charge on any atom is -0.396 e. The lowest BCUT2D eigenvalue weighted by molar-refractivity contribution is 0.0264. The second kappa shape index (κ2) is 8.71. The van der Waals surface area contributed by atoms with Gasteiger partial charge in [-0.3, -0.25) is 14.8 Å². The van der Waals surface area contributed by atoms with Crippen LogP contribution in [0, 0.1) is 11.8 Å². The number of rotatable bonds is 5. The normalized spacial score (nSPS) is 28.0. The van der Waals surface area contributed by atoms with Gasteiger partial charge in [-0.15, -0.1) is 0 Å². The van der Waals surface area contributed by atoms with Crippen molar-refractivity contribution < 1.29 is 14.6 Å². The number of aromatic nitrogens is 2. The molecule has 1 saturated carbocycles. The maximum absolute atomic E-state index is 13.2. The molecule has 150 valence electrons. The Morgan fingerprint density at radius 2 is 1.93 bits per heavy atom. The van der Waals surface area contributed by atoms with Crippen LogP contribution in [0.2, 0.25) is 0 Å². The molecule has 3 aliphatic rings. The number of hydrogen-bond acceptors (Lipinski definition) is 5. The highest BCUT2D eigenvalue weighted by Gasteiger charge is 2.37. The number of carbonyl (C=O) groups excluding carboxylic acids is 1. The summed E-state index contributed by atoms with van der Waals surface area (Å²) in [5.41, 5.74) is 1.77. The lowest BCUT2D eigenvalue weighted by Crippen LogP contribution is -2.41. The number of nitrogens with one attached hydrogen (secondary N) is 1. The summed E-state index contributed by atoms with van der Waals surface area (Å²) in [5, 5.41) is 17.2. The van der Waals surface area contributed by atoms with Crippen LogP contribution in [0.1, 0.15) is 54.1 Å². The third-order valence-electron chi connectivity index (χ3n) is 6.61. The van der Waals surface area contributed by atoms with Crippen molar-refractivity contribution >= 4 is 5.91 Å². The van der Waals surface area contributed by atoms with Gasteiger partial charge in [0.25, 0.3) is 5.91 Å². The number of aromatic amines is 1. The predicted octanol–water partition coefficient (Wildman–Crippen LogP) is 1.47. The molecular weight excluding hydrogens is 344 g/mol. The zero-order valence-electron chi connectivity index (χ0n) is 16.1. The first kappa shape index (κ1) is 18.9. The summed E-state index contributed by atoms with van der Waals surface area (Å²) in [4.78, 5) is 17.6. The van der Waals surface area contributed by atoms with E-state index in [9.17, 15) is 9.90 Å². The number of hydrogen-bond donors (Lipinski definition) is 2. The van der Waals surface area contributed by atoms with Gasteiger partial charge in [0.15, 0.2) is 0 Å². The summed E-state index contributed by atoms with van der Waals surface area (Å²) in [7, 11) is 0. The Balaban J connectivity index is 1.42. The smallest absolute Gasteiger partial charge is 0.257 e. The number of likely N-dealkylation sites (tertiary alicyclic amines) is 1. The largest absolute Gasteiger partial charge is 0.396 e. The van der Waals surface area contributed by atoms with Gasteiger partial charge in [0.05, 0.1) is 30.7 Å². The molecule has 0 aromatic carbocycles. The topological polar surface area (TPSA) is 81.7 Å². The van der Waals surface area contributed by atoms with Crippen LogP contribution in [0.3, 0.4) is 0 Å².